The number of amides is 1. The van der Waals surface area contributed by atoms with Crippen molar-refractivity contribution in [2.24, 2.45) is 0 Å². The zero-order chi connectivity index (χ0) is 29.2. The highest BCUT2D eigenvalue weighted by molar-refractivity contribution is 7.91. The Labute approximate surface area is 239 Å². The normalized spacial score (nSPS) is 20.3. The topological polar surface area (TPSA) is 165 Å². The molecule has 2 bridgehead atoms. The van der Waals surface area contributed by atoms with E-state index in [9.17, 15) is 17.6 Å². The van der Waals surface area contributed by atoms with Gasteiger partial charge in [-0.05, 0) is 43.9 Å². The molecule has 3 N–H and O–H groups in total. The van der Waals surface area contributed by atoms with Crippen molar-refractivity contribution < 1.29 is 17.6 Å². The number of nitrogen functional groups attached to an aromatic ring is 1. The van der Waals surface area contributed by atoms with E-state index in [0.29, 0.717) is 46.6 Å². The van der Waals surface area contributed by atoms with Crippen molar-refractivity contribution >= 4 is 27.2 Å². The van der Waals surface area contributed by atoms with Gasteiger partial charge < -0.3 is 10.6 Å². The molecule has 1 amide bonds. The van der Waals surface area contributed by atoms with E-state index >= 15 is 0 Å². The Kier molecular flexibility index (Phi) is 6.04. The third kappa shape index (κ3) is 4.21. The number of piperidine rings is 1. The van der Waals surface area contributed by atoms with Gasteiger partial charge in [-0.3, -0.25) is 9.78 Å². The number of anilines is 1. The Morgan fingerprint density at radius 2 is 1.81 bits per heavy atom. The van der Waals surface area contributed by atoms with Gasteiger partial charge in [-0.25, -0.2) is 17.8 Å². The molecule has 1 unspecified atom stereocenters. The van der Waals surface area contributed by atoms with Crippen molar-refractivity contribution in [1.29, 1.82) is 0 Å². The predicted octanol–water partition coefficient (Wildman–Crippen LogP) is 3.25. The largest absolute Gasteiger partial charge is 0.382 e. The molecule has 0 spiro atoms. The van der Waals surface area contributed by atoms with Gasteiger partial charge in [0.1, 0.15) is 16.5 Å². The van der Waals surface area contributed by atoms with Crippen LogP contribution in [-0.2, 0) is 9.84 Å². The molecule has 4 aromatic heterocycles. The third-order valence-electron chi connectivity index (χ3n) is 8.25. The highest BCUT2D eigenvalue weighted by Gasteiger charge is 2.46. The number of aromatic nitrogens is 7. The number of nitrogens with one attached hydrogen (secondary N) is 1. The van der Waals surface area contributed by atoms with Crippen LogP contribution in [-0.4, -0.2) is 72.6 Å². The molecule has 2 aliphatic rings. The lowest BCUT2D eigenvalue weighted by atomic mass is 9.87. The van der Waals surface area contributed by atoms with Crippen molar-refractivity contribution in [1.82, 2.24) is 39.9 Å². The van der Waals surface area contributed by atoms with E-state index < -0.39 is 9.84 Å². The number of carbonyl (C=O) groups excluding carboxylic acids is 1. The first kappa shape index (κ1) is 26.2. The van der Waals surface area contributed by atoms with Gasteiger partial charge in [0.2, 0.25) is 0 Å². The number of hydrogen-bond donors (Lipinski definition) is 2. The zero-order valence-electron chi connectivity index (χ0n) is 22.5. The number of fused-ring (bicyclic) bond motifs is 3. The second kappa shape index (κ2) is 9.69. The fourth-order valence-corrected chi connectivity index (χ4v) is 7.49. The summed E-state index contributed by atoms with van der Waals surface area (Å²) in [4.78, 5) is 24.3. The molecule has 214 valence electrons. The van der Waals surface area contributed by atoms with Crippen LogP contribution in [0.25, 0.3) is 28.0 Å². The third-order valence-corrected chi connectivity index (χ3v) is 9.41. The number of carbonyl (C=O) groups is 1. The van der Waals surface area contributed by atoms with Crippen LogP contribution in [0.4, 0.5) is 10.2 Å². The zero-order valence-corrected chi connectivity index (χ0v) is 23.3. The fraction of sp³-hybridized carbons (Fsp3) is 0.286. The summed E-state index contributed by atoms with van der Waals surface area (Å²) in [7, 11) is -3.78. The van der Waals surface area contributed by atoms with Gasteiger partial charge in [-0.2, -0.15) is 25.0 Å². The number of nitrogens with zero attached hydrogens (tertiary/aromatic N) is 7. The minimum atomic E-state index is -3.78. The molecule has 0 radical (unpaired) electrons. The number of sulfone groups is 1. The SMILES string of the molecule is CS(=O)(=O)c1c(C2C[C@H]3CC[C@@H](C2)N3C(=O)c2cn[nH]n2)nc2c(-c3ccc(-c4ccccc4F)nc3)cnn2c1N. The van der Waals surface area contributed by atoms with Crippen LogP contribution in [0.2, 0.25) is 0 Å². The number of H-pyrrole nitrogens is 1. The van der Waals surface area contributed by atoms with E-state index in [4.69, 9.17) is 10.7 Å². The molecule has 1 aromatic carbocycles. The molecule has 2 aliphatic heterocycles. The van der Waals surface area contributed by atoms with Crippen LogP contribution in [0.15, 0.2) is 59.9 Å². The summed E-state index contributed by atoms with van der Waals surface area (Å²) >= 11 is 0. The van der Waals surface area contributed by atoms with Crippen molar-refractivity contribution in [2.75, 3.05) is 12.0 Å². The summed E-state index contributed by atoms with van der Waals surface area (Å²) in [6.07, 6.45) is 8.37. The minimum Gasteiger partial charge on any atom is -0.382 e. The molecule has 14 heteroatoms. The van der Waals surface area contributed by atoms with Crippen molar-refractivity contribution in [3.8, 4) is 22.4 Å². The lowest BCUT2D eigenvalue weighted by Gasteiger charge is -2.38. The summed E-state index contributed by atoms with van der Waals surface area (Å²) in [6, 6.07) is 9.72. The standard InChI is InChI=1S/C28H26FN9O3S/c1-42(40,41)25-24(16-10-17-7-8-18(11-16)37(17)28(39)23-14-32-36-35-23)34-27-20(13-33-38(27)26(25)30)15-6-9-22(31-12-15)19-4-2-3-5-21(19)29/h2-6,9,12-14,16-18H,7-8,10-11,30H2,1H3,(H,32,35,36)/t16?,17-,18+. The molecule has 7 rings (SSSR count). The smallest absolute Gasteiger partial charge is 0.276 e. The molecule has 3 atom stereocenters. The number of rotatable bonds is 5. The van der Waals surface area contributed by atoms with Crippen LogP contribution in [0.3, 0.4) is 0 Å². The lowest BCUT2D eigenvalue weighted by molar-refractivity contribution is 0.0562. The average molecular weight is 588 g/mol. The van der Waals surface area contributed by atoms with Crippen LogP contribution in [0, 0.1) is 5.82 Å². The maximum Gasteiger partial charge on any atom is 0.276 e. The molecule has 2 saturated heterocycles. The number of aromatic amines is 1. The van der Waals surface area contributed by atoms with E-state index in [2.05, 4.69) is 25.5 Å². The molecule has 6 heterocycles. The summed E-state index contributed by atoms with van der Waals surface area (Å²) in [5, 5.41) is 14.6. The first-order valence-electron chi connectivity index (χ1n) is 13.5. The van der Waals surface area contributed by atoms with Crippen molar-refractivity contribution in [3.05, 3.63) is 72.2 Å². The summed E-state index contributed by atoms with van der Waals surface area (Å²) < 4.78 is 41.8. The van der Waals surface area contributed by atoms with Crippen LogP contribution in [0.5, 0.6) is 0 Å². The highest BCUT2D eigenvalue weighted by Crippen LogP contribution is 2.45. The monoisotopic (exact) mass is 587 g/mol. The van der Waals surface area contributed by atoms with Crippen molar-refractivity contribution in [2.45, 2.75) is 48.6 Å². The van der Waals surface area contributed by atoms with Gasteiger partial charge in [0.25, 0.3) is 5.91 Å². The second-order valence-electron chi connectivity index (χ2n) is 10.8. The number of halogens is 1. The molecule has 5 aromatic rings. The second-order valence-corrected chi connectivity index (χ2v) is 12.8. The van der Waals surface area contributed by atoms with Crippen molar-refractivity contribution in [3.63, 3.8) is 0 Å². The molecule has 0 saturated carbocycles. The van der Waals surface area contributed by atoms with Gasteiger partial charge in [0.05, 0.1) is 23.8 Å². The first-order valence-corrected chi connectivity index (χ1v) is 15.4. The maximum absolute atomic E-state index is 14.3. The van der Waals surface area contributed by atoms with Crippen LogP contribution < -0.4 is 5.73 Å². The van der Waals surface area contributed by atoms with Gasteiger partial charge >= 0.3 is 0 Å². The Balaban J connectivity index is 1.28. The van der Waals surface area contributed by atoms with E-state index in [1.807, 2.05) is 4.90 Å². The molecule has 12 nitrogen and oxygen atoms in total. The van der Waals surface area contributed by atoms with Crippen LogP contribution in [0.1, 0.15) is 47.8 Å². The van der Waals surface area contributed by atoms with Crippen LogP contribution >= 0.6 is 0 Å². The predicted molar refractivity (Wildman–Crippen MR) is 150 cm³/mol. The highest BCUT2D eigenvalue weighted by atomic mass is 32.2. The number of pyridine rings is 1. The Hall–Kier alpha value is -4.72. The van der Waals surface area contributed by atoms with E-state index in [1.54, 1.807) is 42.7 Å². The fourth-order valence-electron chi connectivity index (χ4n) is 6.43. The van der Waals surface area contributed by atoms with Gasteiger partial charge in [0.15, 0.2) is 21.2 Å². The van der Waals surface area contributed by atoms with E-state index in [-0.39, 0.29) is 46.1 Å². The summed E-state index contributed by atoms with van der Waals surface area (Å²) in [5.74, 6) is -0.826. The van der Waals surface area contributed by atoms with E-state index in [1.165, 1.54) is 16.8 Å². The van der Waals surface area contributed by atoms with Gasteiger partial charge in [-0.15, -0.1) is 0 Å². The Bertz CT molecular complexity index is 1930. The maximum atomic E-state index is 14.3. The summed E-state index contributed by atoms with van der Waals surface area (Å²) in [6.45, 7) is 0. The summed E-state index contributed by atoms with van der Waals surface area (Å²) in [5.41, 5.74) is 9.65. The molecule has 0 aliphatic carbocycles. The quantitative estimate of drug-likeness (QED) is 0.314. The van der Waals surface area contributed by atoms with Gasteiger partial charge in [0, 0.05) is 47.1 Å². The Morgan fingerprint density at radius 1 is 1.05 bits per heavy atom. The molecule has 2 fully saturated rings. The Morgan fingerprint density at radius 3 is 2.45 bits per heavy atom. The number of hydrogen-bond acceptors (Lipinski definition) is 9. The molecule has 42 heavy (non-hydrogen) atoms. The van der Waals surface area contributed by atoms with E-state index in [0.717, 1.165) is 19.1 Å². The molecular weight excluding hydrogens is 561 g/mol. The first-order chi connectivity index (χ1) is 20.2. The molecular formula is C28H26FN9O3S. The minimum absolute atomic E-state index is 0.0202. The van der Waals surface area contributed by atoms with Gasteiger partial charge in [-0.1, -0.05) is 18.2 Å². The number of nitrogens with two attached hydrogens (primary N) is 1. The number of benzene rings is 1. The lowest BCUT2D eigenvalue weighted by Crippen LogP contribution is -2.46. The average Bonchev–Trinajstić information content (AvgIpc) is 3.71.